The summed E-state index contributed by atoms with van der Waals surface area (Å²) < 4.78 is 65.3. The van der Waals surface area contributed by atoms with E-state index >= 15 is 8.78 Å². The van der Waals surface area contributed by atoms with E-state index in [1.165, 1.54) is 30.5 Å². The van der Waals surface area contributed by atoms with Gasteiger partial charge >= 0.3 is 0 Å². The lowest BCUT2D eigenvalue weighted by molar-refractivity contribution is -0.107. The Labute approximate surface area is 243 Å². The van der Waals surface area contributed by atoms with Crippen molar-refractivity contribution in [2.75, 3.05) is 13.7 Å². The highest BCUT2D eigenvalue weighted by molar-refractivity contribution is 7.99. The molecule has 1 aliphatic rings. The van der Waals surface area contributed by atoms with Crippen molar-refractivity contribution in [1.29, 1.82) is 0 Å². The monoisotopic (exact) mass is 597 g/mol. The van der Waals surface area contributed by atoms with E-state index in [1.54, 1.807) is 6.20 Å². The van der Waals surface area contributed by atoms with Crippen molar-refractivity contribution in [3.8, 4) is 17.1 Å². The fourth-order valence-corrected chi connectivity index (χ4v) is 6.16. The molecular formula is C31H27F4N3O3S. The van der Waals surface area contributed by atoms with Crippen molar-refractivity contribution in [3.05, 3.63) is 94.9 Å². The van der Waals surface area contributed by atoms with Gasteiger partial charge in [-0.05, 0) is 49.6 Å². The molecule has 1 atom stereocenters. The van der Waals surface area contributed by atoms with Crippen LogP contribution in [-0.2, 0) is 16.6 Å². The average Bonchev–Trinajstić information content (AvgIpc) is 3.71. The van der Waals surface area contributed by atoms with E-state index in [-0.39, 0.29) is 22.3 Å². The van der Waals surface area contributed by atoms with Gasteiger partial charge in [0.1, 0.15) is 29.5 Å². The number of aromatic amines is 2. The molecular weight excluding hydrogens is 570 g/mol. The van der Waals surface area contributed by atoms with Gasteiger partial charge in [0.05, 0.1) is 22.6 Å². The molecule has 0 saturated carbocycles. The Morgan fingerprint density at radius 1 is 1.10 bits per heavy atom. The number of halogens is 4. The molecule has 0 fully saturated rings. The zero-order valence-electron chi connectivity index (χ0n) is 22.7. The number of fused-ring (bicyclic) bond motifs is 2. The Hall–Kier alpha value is -4.09. The molecule has 1 aliphatic heterocycles. The van der Waals surface area contributed by atoms with Crippen molar-refractivity contribution in [2.45, 2.75) is 41.4 Å². The molecule has 218 valence electrons. The molecule has 42 heavy (non-hydrogen) atoms. The number of para-hydroxylation sites is 1. The molecule has 0 spiro atoms. The second-order valence-electron chi connectivity index (χ2n) is 9.86. The second kappa shape index (κ2) is 12.0. The molecule has 2 aromatic heterocycles. The number of carbonyl (C=O) groups excluding carboxylic acids is 1. The molecule has 3 N–H and O–H groups in total. The van der Waals surface area contributed by atoms with E-state index in [4.69, 9.17) is 9.84 Å². The molecule has 3 heterocycles. The number of nitrogens with one attached hydrogen (secondary N) is 2. The van der Waals surface area contributed by atoms with Gasteiger partial charge in [0.15, 0.2) is 11.6 Å². The van der Waals surface area contributed by atoms with Gasteiger partial charge in [-0.2, -0.15) is 0 Å². The van der Waals surface area contributed by atoms with Crippen molar-refractivity contribution in [2.24, 2.45) is 0 Å². The van der Waals surface area contributed by atoms with Gasteiger partial charge in [0.2, 0.25) is 0 Å². The Morgan fingerprint density at radius 2 is 1.90 bits per heavy atom. The molecule has 0 aliphatic carbocycles. The van der Waals surface area contributed by atoms with Crippen molar-refractivity contribution in [1.82, 2.24) is 15.0 Å². The summed E-state index contributed by atoms with van der Waals surface area (Å²) in [7, 11) is 1.00. The Balaban J connectivity index is 0.00000173. The standard InChI is InChI=1S/C30H23F4N3O2S.CH4O/c1-30(10-13-39-27-16(5-3-12-38)4-2-6-20(27)30)22-15-36-29(37-22)19-14-17(7-8-21(19)31)40-28-23(32)18-9-11-35-26(18)24(33)25(28)34;1-2/h2,4,6-9,11-12,14-15,35H,3,5,10,13H2,1H3,(H,36,37);2H,1H3. The summed E-state index contributed by atoms with van der Waals surface area (Å²) in [6.45, 7) is 2.50. The molecule has 1 unspecified atom stereocenters. The summed E-state index contributed by atoms with van der Waals surface area (Å²) in [5, 5.41) is 6.93. The number of aromatic nitrogens is 3. The van der Waals surface area contributed by atoms with Crippen LogP contribution in [0, 0.1) is 23.3 Å². The maximum Gasteiger partial charge on any atom is 0.184 e. The highest BCUT2D eigenvalue weighted by Gasteiger charge is 2.37. The van der Waals surface area contributed by atoms with Crippen LogP contribution in [0.4, 0.5) is 17.6 Å². The van der Waals surface area contributed by atoms with E-state index < -0.39 is 33.6 Å². The molecule has 11 heteroatoms. The van der Waals surface area contributed by atoms with Crippen LogP contribution < -0.4 is 4.74 Å². The fourth-order valence-electron chi connectivity index (χ4n) is 5.23. The van der Waals surface area contributed by atoms with Gasteiger partial charge in [-0.1, -0.05) is 30.0 Å². The van der Waals surface area contributed by atoms with Gasteiger partial charge in [0.25, 0.3) is 0 Å². The van der Waals surface area contributed by atoms with E-state index in [9.17, 15) is 13.6 Å². The van der Waals surface area contributed by atoms with Crippen LogP contribution in [0.2, 0.25) is 0 Å². The van der Waals surface area contributed by atoms with Crippen LogP contribution in [0.3, 0.4) is 0 Å². The number of carbonyl (C=O) groups is 1. The molecule has 6 rings (SSSR count). The zero-order valence-corrected chi connectivity index (χ0v) is 23.5. The topological polar surface area (TPSA) is 91.0 Å². The first-order valence-corrected chi connectivity index (χ1v) is 13.9. The third-order valence-electron chi connectivity index (χ3n) is 7.45. The van der Waals surface area contributed by atoms with E-state index in [0.29, 0.717) is 42.5 Å². The number of hydrogen-bond donors (Lipinski definition) is 3. The van der Waals surface area contributed by atoms with E-state index in [0.717, 1.165) is 36.0 Å². The SMILES string of the molecule is CC1(c2cnc(-c3cc(Sc4c(F)c(F)c5[nH]ccc5c4F)ccc3F)[nH]2)CCOc2c(CCC=O)cccc21.CO. The molecule has 0 saturated heterocycles. The third kappa shape index (κ3) is 5.07. The summed E-state index contributed by atoms with van der Waals surface area (Å²) in [5.41, 5.74) is 1.97. The Bertz CT molecular complexity index is 1770. The van der Waals surface area contributed by atoms with Crippen LogP contribution in [-0.4, -0.2) is 40.1 Å². The quantitative estimate of drug-likeness (QED) is 0.106. The predicted octanol–water partition coefficient (Wildman–Crippen LogP) is 7.09. The smallest absolute Gasteiger partial charge is 0.184 e. The van der Waals surface area contributed by atoms with Gasteiger partial charge in [-0.15, -0.1) is 0 Å². The number of H-pyrrole nitrogens is 2. The van der Waals surface area contributed by atoms with E-state index in [1.807, 2.05) is 18.2 Å². The van der Waals surface area contributed by atoms with Gasteiger partial charge in [-0.25, -0.2) is 22.5 Å². The largest absolute Gasteiger partial charge is 0.493 e. The Kier molecular flexibility index (Phi) is 8.42. The van der Waals surface area contributed by atoms with Gasteiger partial charge in [-0.3, -0.25) is 0 Å². The summed E-state index contributed by atoms with van der Waals surface area (Å²) in [5.74, 6) is -2.98. The highest BCUT2D eigenvalue weighted by atomic mass is 32.2. The number of hydrogen-bond acceptors (Lipinski definition) is 5. The lowest BCUT2D eigenvalue weighted by Gasteiger charge is -2.36. The first kappa shape index (κ1) is 29.4. The minimum absolute atomic E-state index is 0.0706. The first-order chi connectivity index (χ1) is 20.3. The number of aldehydes is 1. The lowest BCUT2D eigenvalue weighted by atomic mass is 9.74. The van der Waals surface area contributed by atoms with Crippen LogP contribution in [0.15, 0.2) is 64.6 Å². The number of aliphatic hydroxyl groups excluding tert-OH is 1. The van der Waals surface area contributed by atoms with Crippen LogP contribution >= 0.6 is 11.8 Å². The number of aliphatic hydroxyl groups is 1. The molecule has 0 amide bonds. The van der Waals surface area contributed by atoms with Crippen molar-refractivity contribution >= 4 is 29.0 Å². The highest BCUT2D eigenvalue weighted by Crippen LogP contribution is 2.45. The minimum atomic E-state index is -1.32. The Morgan fingerprint density at radius 3 is 2.69 bits per heavy atom. The van der Waals surface area contributed by atoms with Gasteiger partial charge < -0.3 is 24.6 Å². The second-order valence-corrected chi connectivity index (χ2v) is 10.9. The maximum absolute atomic E-state index is 15.0. The summed E-state index contributed by atoms with van der Waals surface area (Å²) in [6.07, 6.45) is 5.45. The first-order valence-electron chi connectivity index (χ1n) is 13.1. The van der Waals surface area contributed by atoms with Crippen molar-refractivity contribution < 1.29 is 32.2 Å². The fraction of sp³-hybridized carbons (Fsp3) is 0.226. The lowest BCUT2D eigenvalue weighted by Crippen LogP contribution is -2.32. The summed E-state index contributed by atoms with van der Waals surface area (Å²) in [6, 6.07) is 11.2. The van der Waals surface area contributed by atoms with E-state index in [2.05, 4.69) is 21.9 Å². The number of aryl methyl sites for hydroxylation is 1. The van der Waals surface area contributed by atoms with Crippen LogP contribution in [0.1, 0.15) is 36.6 Å². The average molecular weight is 598 g/mol. The molecule has 6 nitrogen and oxygen atoms in total. The molecule has 0 bridgehead atoms. The number of nitrogens with zero attached hydrogens (tertiary/aromatic N) is 1. The number of benzene rings is 3. The van der Waals surface area contributed by atoms with Crippen LogP contribution in [0.25, 0.3) is 22.3 Å². The number of rotatable bonds is 7. The predicted molar refractivity (Wildman–Crippen MR) is 152 cm³/mol. The normalized spacial score (nSPS) is 16.0. The third-order valence-corrected chi connectivity index (χ3v) is 8.50. The number of imidazole rings is 1. The molecule has 3 aromatic carbocycles. The maximum atomic E-state index is 15.0. The molecule has 0 radical (unpaired) electrons. The zero-order chi connectivity index (χ0) is 30.0. The number of ether oxygens (including phenoxy) is 1. The summed E-state index contributed by atoms with van der Waals surface area (Å²) >= 11 is 0.670. The van der Waals surface area contributed by atoms with Crippen LogP contribution in [0.5, 0.6) is 5.75 Å². The summed E-state index contributed by atoms with van der Waals surface area (Å²) in [4.78, 5) is 20.9. The van der Waals surface area contributed by atoms with Gasteiger partial charge in [0, 0.05) is 52.9 Å². The minimum Gasteiger partial charge on any atom is -0.493 e. The van der Waals surface area contributed by atoms with Crippen molar-refractivity contribution in [3.63, 3.8) is 0 Å². The molecule has 5 aromatic rings.